The average molecular weight is 294 g/mol. The van der Waals surface area contributed by atoms with Gasteiger partial charge in [0.2, 0.25) is 0 Å². The lowest BCUT2D eigenvalue weighted by Crippen LogP contribution is -2.02. The van der Waals surface area contributed by atoms with Crippen molar-refractivity contribution in [2.45, 2.75) is 6.54 Å². The molecule has 0 aliphatic rings. The summed E-state index contributed by atoms with van der Waals surface area (Å²) < 4.78 is 2.12. The minimum absolute atomic E-state index is 0.125. The molecule has 4 heteroatoms. The third kappa shape index (κ3) is 3.05. The second kappa shape index (κ2) is 6.40. The van der Waals surface area contributed by atoms with E-state index >= 15 is 0 Å². The Morgan fingerprint density at radius 2 is 2.10 bits per heavy atom. The van der Waals surface area contributed by atoms with Gasteiger partial charge in [-0.25, -0.2) is 4.98 Å². The fourth-order valence-corrected chi connectivity index (χ4v) is 2.90. The SMILES string of the molecule is OCC#Cc1ccccc1Cn1ccnc1-c1cccs1. The van der Waals surface area contributed by atoms with Crippen LogP contribution in [-0.4, -0.2) is 21.3 Å². The average Bonchev–Trinajstić information content (AvgIpc) is 3.17. The molecule has 2 aromatic heterocycles. The highest BCUT2D eigenvalue weighted by atomic mass is 32.1. The first-order valence-electron chi connectivity index (χ1n) is 6.61. The van der Waals surface area contributed by atoms with Crippen LogP contribution in [0.25, 0.3) is 10.7 Å². The quantitative estimate of drug-likeness (QED) is 0.754. The topological polar surface area (TPSA) is 38.0 Å². The Kier molecular flexibility index (Phi) is 4.15. The maximum atomic E-state index is 8.86. The molecule has 0 atom stereocenters. The summed E-state index contributed by atoms with van der Waals surface area (Å²) >= 11 is 1.68. The molecule has 0 amide bonds. The predicted molar refractivity (Wildman–Crippen MR) is 85.0 cm³/mol. The van der Waals surface area contributed by atoms with Crippen LogP contribution in [0.3, 0.4) is 0 Å². The maximum Gasteiger partial charge on any atom is 0.150 e. The van der Waals surface area contributed by atoms with E-state index in [1.54, 1.807) is 11.3 Å². The van der Waals surface area contributed by atoms with Crippen molar-refractivity contribution in [3.8, 4) is 22.5 Å². The number of hydrogen-bond acceptors (Lipinski definition) is 3. The first-order valence-corrected chi connectivity index (χ1v) is 7.49. The van der Waals surface area contributed by atoms with Crippen molar-refractivity contribution < 1.29 is 5.11 Å². The minimum Gasteiger partial charge on any atom is -0.384 e. The Balaban J connectivity index is 1.94. The Morgan fingerprint density at radius 3 is 2.90 bits per heavy atom. The van der Waals surface area contributed by atoms with Crippen LogP contribution in [0, 0.1) is 11.8 Å². The summed E-state index contributed by atoms with van der Waals surface area (Å²) in [5.74, 6) is 6.68. The van der Waals surface area contributed by atoms with Crippen LogP contribution in [-0.2, 0) is 6.54 Å². The van der Waals surface area contributed by atoms with Crippen LogP contribution in [0.5, 0.6) is 0 Å². The lowest BCUT2D eigenvalue weighted by atomic mass is 10.1. The van der Waals surface area contributed by atoms with Crippen molar-refractivity contribution in [3.05, 3.63) is 65.3 Å². The Bertz CT molecular complexity index is 778. The standard InChI is InChI=1S/C17H14N2OS/c20-11-3-7-14-5-1-2-6-15(14)13-19-10-9-18-17(19)16-8-4-12-21-16/h1-2,4-6,8-10,12,20H,11,13H2. The van der Waals surface area contributed by atoms with Crippen molar-refractivity contribution >= 4 is 11.3 Å². The fraction of sp³-hybridized carbons (Fsp3) is 0.118. The molecule has 1 N–H and O–H groups in total. The predicted octanol–water partition coefficient (Wildman–Crippen LogP) is 3.00. The summed E-state index contributed by atoms with van der Waals surface area (Å²) in [7, 11) is 0. The second-order valence-corrected chi connectivity index (χ2v) is 5.42. The van der Waals surface area contributed by atoms with E-state index in [0.29, 0.717) is 6.54 Å². The highest BCUT2D eigenvalue weighted by molar-refractivity contribution is 7.13. The smallest absolute Gasteiger partial charge is 0.150 e. The van der Waals surface area contributed by atoms with Crippen LogP contribution in [0.4, 0.5) is 0 Å². The third-order valence-corrected chi connectivity index (χ3v) is 3.98. The van der Waals surface area contributed by atoms with E-state index in [1.165, 1.54) is 0 Å². The summed E-state index contributed by atoms with van der Waals surface area (Å²) in [6, 6.07) is 12.1. The molecule has 21 heavy (non-hydrogen) atoms. The second-order valence-electron chi connectivity index (χ2n) is 4.47. The molecule has 1 aromatic carbocycles. The van der Waals surface area contributed by atoms with E-state index in [4.69, 9.17) is 5.11 Å². The summed E-state index contributed by atoms with van der Waals surface area (Å²) in [5.41, 5.74) is 2.06. The number of aliphatic hydroxyl groups excluding tert-OH is 1. The highest BCUT2D eigenvalue weighted by Gasteiger charge is 2.08. The molecule has 104 valence electrons. The zero-order valence-electron chi connectivity index (χ0n) is 11.4. The number of thiophene rings is 1. The van der Waals surface area contributed by atoms with E-state index in [2.05, 4.69) is 38.9 Å². The van der Waals surface area contributed by atoms with Gasteiger partial charge in [-0.1, -0.05) is 36.1 Å². The normalized spacial score (nSPS) is 10.1. The molecule has 3 aromatic rings. The summed E-state index contributed by atoms with van der Waals surface area (Å²) in [5, 5.41) is 10.9. The Morgan fingerprint density at radius 1 is 1.19 bits per heavy atom. The molecule has 0 saturated carbocycles. The number of rotatable bonds is 3. The number of benzene rings is 1. The van der Waals surface area contributed by atoms with Gasteiger partial charge >= 0.3 is 0 Å². The monoisotopic (exact) mass is 294 g/mol. The molecule has 0 aliphatic heterocycles. The summed E-state index contributed by atoms with van der Waals surface area (Å²) in [4.78, 5) is 5.60. The van der Waals surface area contributed by atoms with Gasteiger partial charge in [-0.15, -0.1) is 11.3 Å². The van der Waals surface area contributed by atoms with Gasteiger partial charge in [0.1, 0.15) is 12.4 Å². The molecular weight excluding hydrogens is 280 g/mol. The van der Waals surface area contributed by atoms with Crippen LogP contribution in [0.15, 0.2) is 54.2 Å². The van der Waals surface area contributed by atoms with Crippen LogP contribution in [0.1, 0.15) is 11.1 Å². The number of aromatic nitrogens is 2. The van der Waals surface area contributed by atoms with Crippen LogP contribution >= 0.6 is 11.3 Å². The van der Waals surface area contributed by atoms with Crippen molar-refractivity contribution in [3.63, 3.8) is 0 Å². The van der Waals surface area contributed by atoms with E-state index in [1.807, 2.05) is 36.7 Å². The molecule has 3 rings (SSSR count). The van der Waals surface area contributed by atoms with Crippen LogP contribution < -0.4 is 0 Å². The van der Waals surface area contributed by atoms with Gasteiger partial charge in [-0.3, -0.25) is 0 Å². The van der Waals surface area contributed by atoms with E-state index in [0.717, 1.165) is 21.8 Å². The van der Waals surface area contributed by atoms with Gasteiger partial charge in [-0.05, 0) is 23.1 Å². The first-order chi connectivity index (χ1) is 10.4. The van der Waals surface area contributed by atoms with Gasteiger partial charge in [0.05, 0.1) is 11.4 Å². The number of aliphatic hydroxyl groups is 1. The number of hydrogen-bond donors (Lipinski definition) is 1. The Labute approximate surface area is 127 Å². The van der Waals surface area contributed by atoms with Crippen LogP contribution in [0.2, 0.25) is 0 Å². The highest BCUT2D eigenvalue weighted by Crippen LogP contribution is 2.24. The van der Waals surface area contributed by atoms with E-state index in [-0.39, 0.29) is 6.61 Å². The van der Waals surface area contributed by atoms with E-state index < -0.39 is 0 Å². The lowest BCUT2D eigenvalue weighted by Gasteiger charge is -2.08. The van der Waals surface area contributed by atoms with Gasteiger partial charge in [-0.2, -0.15) is 0 Å². The molecule has 0 bridgehead atoms. The molecule has 0 spiro atoms. The van der Waals surface area contributed by atoms with Gasteiger partial charge in [0, 0.05) is 18.0 Å². The Hall–Kier alpha value is -2.35. The largest absolute Gasteiger partial charge is 0.384 e. The van der Waals surface area contributed by atoms with Crippen molar-refractivity contribution in [1.82, 2.24) is 9.55 Å². The zero-order chi connectivity index (χ0) is 14.5. The molecule has 2 heterocycles. The molecule has 0 radical (unpaired) electrons. The molecule has 0 aliphatic carbocycles. The molecule has 0 fully saturated rings. The number of imidazole rings is 1. The lowest BCUT2D eigenvalue weighted by molar-refractivity contribution is 0.350. The van der Waals surface area contributed by atoms with Gasteiger partial charge in [0.25, 0.3) is 0 Å². The fourth-order valence-electron chi connectivity index (χ4n) is 2.17. The molecule has 3 nitrogen and oxygen atoms in total. The van der Waals surface area contributed by atoms with Crippen molar-refractivity contribution in [2.75, 3.05) is 6.61 Å². The molecule has 0 saturated heterocycles. The zero-order valence-corrected chi connectivity index (χ0v) is 12.2. The van der Waals surface area contributed by atoms with Gasteiger partial charge in [0.15, 0.2) is 0 Å². The first kappa shape index (κ1) is 13.6. The molecular formula is C17H14N2OS. The molecule has 0 unspecified atom stereocenters. The summed E-state index contributed by atoms with van der Waals surface area (Å²) in [6.45, 7) is 0.587. The van der Waals surface area contributed by atoms with Crippen molar-refractivity contribution in [1.29, 1.82) is 0 Å². The number of nitrogens with zero attached hydrogens (tertiary/aromatic N) is 2. The maximum absolute atomic E-state index is 8.86. The van der Waals surface area contributed by atoms with Gasteiger partial charge < -0.3 is 9.67 Å². The minimum atomic E-state index is -0.125. The van der Waals surface area contributed by atoms with E-state index in [9.17, 15) is 0 Å². The van der Waals surface area contributed by atoms with Crippen molar-refractivity contribution in [2.24, 2.45) is 0 Å². The summed E-state index contributed by atoms with van der Waals surface area (Å²) in [6.07, 6.45) is 3.79. The third-order valence-electron chi connectivity index (χ3n) is 3.12.